The Kier molecular flexibility index (Phi) is 10.1. The Morgan fingerprint density at radius 2 is 1.02 bits per heavy atom. The number of hydrogen-bond acceptors (Lipinski definition) is 5. The Labute approximate surface area is 235 Å². The van der Waals surface area contributed by atoms with E-state index in [1.165, 1.54) is 0 Å². The first kappa shape index (κ1) is 28.1. The first-order valence-electron chi connectivity index (χ1n) is 13.3. The van der Waals surface area contributed by atoms with E-state index in [2.05, 4.69) is 6.08 Å². The molecule has 0 saturated carbocycles. The van der Waals surface area contributed by atoms with E-state index in [9.17, 15) is 9.59 Å². The van der Waals surface area contributed by atoms with Gasteiger partial charge in [0.25, 0.3) is 6.10 Å². The highest BCUT2D eigenvalue weighted by Gasteiger charge is 2.34. The predicted molar refractivity (Wildman–Crippen MR) is 159 cm³/mol. The summed E-state index contributed by atoms with van der Waals surface area (Å²) < 4.78 is 16.9. The first-order valence-corrected chi connectivity index (χ1v) is 13.3. The highest BCUT2D eigenvalue weighted by atomic mass is 16.6. The lowest BCUT2D eigenvalue weighted by Crippen LogP contribution is -2.36. The molecule has 0 fully saturated rings. The van der Waals surface area contributed by atoms with Crippen molar-refractivity contribution < 1.29 is 23.8 Å². The third-order valence-corrected chi connectivity index (χ3v) is 6.03. The third-order valence-electron chi connectivity index (χ3n) is 6.03. The highest BCUT2D eigenvalue weighted by Crippen LogP contribution is 2.40. The molecule has 5 nitrogen and oxygen atoms in total. The summed E-state index contributed by atoms with van der Waals surface area (Å²) in [7, 11) is 0. The van der Waals surface area contributed by atoms with Crippen molar-refractivity contribution in [1.82, 2.24) is 0 Å². The largest absolute Gasteiger partial charge is 0.465 e. The van der Waals surface area contributed by atoms with Gasteiger partial charge >= 0.3 is 11.9 Å². The van der Waals surface area contributed by atoms with Crippen molar-refractivity contribution in [3.8, 4) is 0 Å². The molecule has 40 heavy (non-hydrogen) atoms. The standard InChI is InChI=1S/C35H32O5/c1-3-38-34(36)33(35(37)39-4-2)40-32(29-23-15-8-16-24-29)31(28-21-13-7-14-22-28)30(27-19-11-6-12-20-27)25-26-17-9-5-10-18-26/h5-25,33H,3-4H2,1-2H3/b30-25+,32-31+. The SMILES string of the molecule is CCOC(=O)C(O/C(=C(/C(=C/c1ccccc1)c1ccccc1)c1ccccc1)c1ccccc1)C(=O)OCC. The van der Waals surface area contributed by atoms with E-state index in [-0.39, 0.29) is 13.2 Å². The van der Waals surface area contributed by atoms with Gasteiger partial charge in [-0.05, 0) is 42.2 Å². The van der Waals surface area contributed by atoms with Crippen molar-refractivity contribution in [3.63, 3.8) is 0 Å². The van der Waals surface area contributed by atoms with Gasteiger partial charge in [-0.2, -0.15) is 0 Å². The average Bonchev–Trinajstić information content (AvgIpc) is 3.00. The number of ether oxygens (including phenoxy) is 3. The van der Waals surface area contributed by atoms with Gasteiger partial charge in [0.1, 0.15) is 5.76 Å². The van der Waals surface area contributed by atoms with Crippen molar-refractivity contribution in [2.75, 3.05) is 13.2 Å². The van der Waals surface area contributed by atoms with Gasteiger partial charge in [-0.3, -0.25) is 0 Å². The Morgan fingerprint density at radius 1 is 0.600 bits per heavy atom. The lowest BCUT2D eigenvalue weighted by atomic mass is 9.88. The molecule has 202 valence electrons. The molecule has 5 heteroatoms. The number of hydrogen-bond donors (Lipinski definition) is 0. The van der Waals surface area contributed by atoms with E-state index >= 15 is 0 Å². The van der Waals surface area contributed by atoms with E-state index in [4.69, 9.17) is 14.2 Å². The Hall–Kier alpha value is -4.90. The fraction of sp³-hybridized carbons (Fsp3) is 0.143. The van der Waals surface area contributed by atoms with Gasteiger partial charge < -0.3 is 14.2 Å². The van der Waals surface area contributed by atoms with E-state index < -0.39 is 18.0 Å². The quantitative estimate of drug-likeness (QED) is 0.0667. The zero-order valence-electron chi connectivity index (χ0n) is 22.7. The van der Waals surface area contributed by atoms with Gasteiger partial charge in [0.2, 0.25) is 0 Å². The van der Waals surface area contributed by atoms with Crippen LogP contribution in [0.2, 0.25) is 0 Å². The Bertz CT molecular complexity index is 1430. The van der Waals surface area contributed by atoms with Crippen LogP contribution in [0.3, 0.4) is 0 Å². The van der Waals surface area contributed by atoms with Crippen LogP contribution in [-0.2, 0) is 23.8 Å². The predicted octanol–water partition coefficient (Wildman–Crippen LogP) is 7.31. The van der Waals surface area contributed by atoms with Crippen LogP contribution in [0.25, 0.3) is 23.0 Å². The zero-order valence-corrected chi connectivity index (χ0v) is 22.7. The van der Waals surface area contributed by atoms with Gasteiger partial charge in [0.05, 0.1) is 13.2 Å². The molecule has 0 amide bonds. The molecular formula is C35H32O5. The van der Waals surface area contributed by atoms with E-state index in [1.54, 1.807) is 13.8 Å². The van der Waals surface area contributed by atoms with Crippen molar-refractivity contribution in [2.45, 2.75) is 20.0 Å². The van der Waals surface area contributed by atoms with Gasteiger partial charge in [0, 0.05) is 11.1 Å². The topological polar surface area (TPSA) is 61.8 Å². The molecule has 4 rings (SSSR count). The molecule has 0 radical (unpaired) electrons. The summed E-state index contributed by atoms with van der Waals surface area (Å²) in [4.78, 5) is 26.1. The Balaban J connectivity index is 2.06. The molecule has 0 aliphatic rings. The van der Waals surface area contributed by atoms with Crippen LogP contribution in [-0.4, -0.2) is 31.3 Å². The second kappa shape index (κ2) is 14.3. The minimum Gasteiger partial charge on any atom is -0.465 e. The van der Waals surface area contributed by atoms with Crippen LogP contribution in [0, 0.1) is 0 Å². The summed E-state index contributed by atoms with van der Waals surface area (Å²) in [5.41, 5.74) is 5.01. The summed E-state index contributed by atoms with van der Waals surface area (Å²) in [6.45, 7) is 3.55. The van der Waals surface area contributed by atoms with E-state index in [1.807, 2.05) is 121 Å². The number of rotatable bonds is 11. The molecule has 0 aromatic heterocycles. The molecule has 0 spiro atoms. The van der Waals surface area contributed by atoms with Crippen LogP contribution >= 0.6 is 0 Å². The van der Waals surface area contributed by atoms with Crippen LogP contribution in [0.4, 0.5) is 0 Å². The van der Waals surface area contributed by atoms with Gasteiger partial charge in [-0.25, -0.2) is 9.59 Å². The summed E-state index contributed by atoms with van der Waals surface area (Å²) >= 11 is 0. The van der Waals surface area contributed by atoms with Crippen molar-refractivity contribution in [2.24, 2.45) is 0 Å². The zero-order chi connectivity index (χ0) is 28.2. The molecular weight excluding hydrogens is 500 g/mol. The van der Waals surface area contributed by atoms with Crippen LogP contribution in [0.15, 0.2) is 121 Å². The van der Waals surface area contributed by atoms with Gasteiger partial charge in [-0.15, -0.1) is 0 Å². The van der Waals surface area contributed by atoms with Crippen molar-refractivity contribution in [3.05, 3.63) is 144 Å². The Morgan fingerprint density at radius 3 is 1.50 bits per heavy atom. The van der Waals surface area contributed by atoms with Gasteiger partial charge in [0.15, 0.2) is 0 Å². The van der Waals surface area contributed by atoms with Crippen LogP contribution in [0.5, 0.6) is 0 Å². The lowest BCUT2D eigenvalue weighted by Gasteiger charge is -2.24. The fourth-order valence-corrected chi connectivity index (χ4v) is 4.25. The van der Waals surface area contributed by atoms with E-state index in [0.717, 1.165) is 22.3 Å². The minimum atomic E-state index is -1.61. The normalized spacial score (nSPS) is 11.9. The minimum absolute atomic E-state index is 0.0944. The number of benzene rings is 4. The molecule has 0 unspecified atom stereocenters. The third kappa shape index (κ3) is 7.14. The maximum atomic E-state index is 13.0. The summed E-state index contributed by atoms with van der Waals surface area (Å²) in [5.74, 6) is -1.27. The van der Waals surface area contributed by atoms with Crippen molar-refractivity contribution in [1.29, 1.82) is 0 Å². The molecule has 0 saturated heterocycles. The molecule has 4 aromatic rings. The van der Waals surface area contributed by atoms with Crippen molar-refractivity contribution >= 4 is 34.9 Å². The number of allylic oxidation sites excluding steroid dienone is 2. The summed E-state index contributed by atoms with van der Waals surface area (Å²) in [6, 6.07) is 39.1. The number of esters is 2. The smallest absolute Gasteiger partial charge is 0.359 e. The average molecular weight is 533 g/mol. The second-order valence-electron chi connectivity index (χ2n) is 8.77. The highest BCUT2D eigenvalue weighted by molar-refractivity contribution is 6.18. The molecule has 0 N–H and O–H groups in total. The lowest BCUT2D eigenvalue weighted by molar-refractivity contribution is -0.167. The molecule has 0 aliphatic heterocycles. The molecule has 0 atom stereocenters. The van der Waals surface area contributed by atoms with E-state index in [0.29, 0.717) is 16.9 Å². The summed E-state index contributed by atoms with van der Waals surface area (Å²) in [5, 5.41) is 0. The number of carbonyl (C=O) groups excluding carboxylic acids is 2. The first-order chi connectivity index (χ1) is 19.6. The molecule has 4 aromatic carbocycles. The van der Waals surface area contributed by atoms with Gasteiger partial charge in [-0.1, -0.05) is 121 Å². The van der Waals surface area contributed by atoms with Crippen LogP contribution in [0.1, 0.15) is 36.1 Å². The maximum absolute atomic E-state index is 13.0. The second-order valence-corrected chi connectivity index (χ2v) is 8.77. The molecule has 0 bridgehead atoms. The number of carbonyl (C=O) groups is 2. The van der Waals surface area contributed by atoms with Crippen LogP contribution < -0.4 is 0 Å². The molecule has 0 aliphatic carbocycles. The molecule has 0 heterocycles. The summed E-state index contributed by atoms with van der Waals surface area (Å²) in [6.07, 6.45) is 0.468. The monoisotopic (exact) mass is 532 g/mol. The maximum Gasteiger partial charge on any atom is 0.359 e. The fourth-order valence-electron chi connectivity index (χ4n) is 4.25.